The summed E-state index contributed by atoms with van der Waals surface area (Å²) >= 11 is 0. The quantitative estimate of drug-likeness (QED) is 0.236. The number of aromatic nitrogens is 5. The molecule has 1 fully saturated rings. The maximum absolute atomic E-state index is 13.7. The predicted molar refractivity (Wildman–Crippen MR) is 166 cm³/mol. The van der Waals surface area contributed by atoms with Crippen molar-refractivity contribution < 1.29 is 40.7 Å². The van der Waals surface area contributed by atoms with E-state index in [2.05, 4.69) is 29.7 Å². The molecule has 49 heavy (non-hydrogen) atoms. The fourth-order valence-electron chi connectivity index (χ4n) is 5.66. The van der Waals surface area contributed by atoms with Crippen LogP contribution in [0, 0.1) is 0 Å². The number of methoxy groups -OCH3 is 1. The molecule has 0 bridgehead atoms. The zero-order valence-corrected chi connectivity index (χ0v) is 27.4. The van der Waals surface area contributed by atoms with Crippen LogP contribution >= 0.6 is 0 Å². The van der Waals surface area contributed by atoms with Crippen molar-refractivity contribution in [2.75, 3.05) is 65.3 Å². The average Bonchev–Trinajstić information content (AvgIpc) is 3.66. The number of rotatable bonds is 10. The van der Waals surface area contributed by atoms with E-state index in [-0.39, 0.29) is 54.2 Å². The minimum absolute atomic E-state index is 0.00814. The number of halogens is 3. The molecule has 2 aliphatic heterocycles. The Kier molecular flexibility index (Phi) is 9.33. The van der Waals surface area contributed by atoms with E-state index in [1.165, 1.54) is 24.5 Å². The van der Waals surface area contributed by atoms with Crippen LogP contribution in [-0.4, -0.2) is 119 Å². The van der Waals surface area contributed by atoms with Crippen LogP contribution in [0.3, 0.4) is 0 Å². The molecule has 1 N–H and O–H groups in total. The summed E-state index contributed by atoms with van der Waals surface area (Å²) in [5.74, 6) is -2.84. The molecule has 2 aliphatic rings. The van der Waals surface area contributed by atoms with Gasteiger partial charge >= 0.3 is 12.1 Å². The van der Waals surface area contributed by atoms with Crippen LogP contribution in [-0.2, 0) is 24.4 Å². The second kappa shape index (κ2) is 13.3. The number of alkyl halides is 3. The van der Waals surface area contributed by atoms with Crippen molar-refractivity contribution in [1.29, 1.82) is 0 Å². The van der Waals surface area contributed by atoms with Crippen molar-refractivity contribution >= 4 is 27.3 Å². The number of sulfonamides is 1. The summed E-state index contributed by atoms with van der Waals surface area (Å²) in [4.78, 5) is 47.9. The number of anilines is 1. The third-order valence-electron chi connectivity index (χ3n) is 8.18. The highest BCUT2D eigenvalue weighted by molar-refractivity contribution is 7.89. The molecule has 16 nitrogen and oxygen atoms in total. The molecule has 4 aromatic rings. The molecule has 6 heterocycles. The number of hydrogen-bond donors (Lipinski definition) is 1. The monoisotopic (exact) mass is 707 g/mol. The van der Waals surface area contributed by atoms with Crippen LogP contribution in [0.1, 0.15) is 24.2 Å². The predicted octanol–water partition coefficient (Wildman–Crippen LogP) is 1.61. The highest BCUT2D eigenvalue weighted by atomic mass is 32.2. The second-order valence-corrected chi connectivity index (χ2v) is 13.1. The van der Waals surface area contributed by atoms with Crippen molar-refractivity contribution in [2.24, 2.45) is 0 Å². The molecule has 262 valence electrons. The van der Waals surface area contributed by atoms with Gasteiger partial charge in [-0.15, -0.1) is 5.17 Å². The normalized spacial score (nSPS) is 17.8. The maximum Gasteiger partial charge on any atom is 0.493 e. The molecular weight excluding hydrogens is 675 g/mol. The Hall–Kier alpha value is -4.63. The smallest absolute Gasteiger partial charge is 0.475 e. The topological polar surface area (TPSA) is 168 Å². The number of H-pyrrole nitrogens is 1. The molecular formula is C29H32F3N9O7S. The summed E-state index contributed by atoms with van der Waals surface area (Å²) in [5.41, 5.74) is -0.570. The molecule has 0 aliphatic carbocycles. The number of fused-ring (bicyclic) bond motifs is 2. The number of nitrogens with zero attached hydrogens (tertiary/aromatic N) is 8. The first-order chi connectivity index (χ1) is 23.3. The summed E-state index contributed by atoms with van der Waals surface area (Å²) in [6, 6.07) is 3.50. The Morgan fingerprint density at radius 2 is 1.88 bits per heavy atom. The van der Waals surface area contributed by atoms with E-state index >= 15 is 0 Å². The van der Waals surface area contributed by atoms with Gasteiger partial charge in [0, 0.05) is 58.9 Å². The second-order valence-electron chi connectivity index (χ2n) is 11.1. The fourth-order valence-corrected chi connectivity index (χ4v) is 7.05. The van der Waals surface area contributed by atoms with Crippen LogP contribution in [0.5, 0.6) is 5.88 Å². The lowest BCUT2D eigenvalue weighted by Gasteiger charge is -2.33. The number of nitrogens with one attached hydrogen (secondary N) is 1. The minimum Gasteiger partial charge on any atom is -0.475 e. The Balaban J connectivity index is 1.48. The van der Waals surface area contributed by atoms with Gasteiger partial charge < -0.3 is 28.6 Å². The first-order valence-corrected chi connectivity index (χ1v) is 16.5. The third kappa shape index (κ3) is 6.56. The summed E-state index contributed by atoms with van der Waals surface area (Å²) < 4.78 is 81.2. The van der Waals surface area contributed by atoms with Crippen molar-refractivity contribution in [2.45, 2.75) is 24.0 Å². The van der Waals surface area contributed by atoms with E-state index in [1.54, 1.807) is 35.1 Å². The molecule has 0 aromatic carbocycles. The van der Waals surface area contributed by atoms with Gasteiger partial charge in [0.15, 0.2) is 5.69 Å². The molecule has 1 atom stereocenters. The summed E-state index contributed by atoms with van der Waals surface area (Å²) in [6.45, 7) is 4.54. The van der Waals surface area contributed by atoms with Gasteiger partial charge in [0.1, 0.15) is 34.7 Å². The lowest BCUT2D eigenvalue weighted by Crippen LogP contribution is -2.48. The molecule has 6 rings (SSSR count). The van der Waals surface area contributed by atoms with Gasteiger partial charge in [-0.05, 0) is 24.2 Å². The Labute approximate surface area is 277 Å². The Morgan fingerprint density at radius 1 is 1.12 bits per heavy atom. The molecule has 0 spiro atoms. The number of hydrazine groups is 1. The summed E-state index contributed by atoms with van der Waals surface area (Å²) in [5, 5.41) is 1.55. The first-order valence-electron chi connectivity index (χ1n) is 15.1. The number of carbonyl (C=O) groups excluding carboxylic acids is 1. The summed E-state index contributed by atoms with van der Waals surface area (Å²) in [6.07, 6.45) is 0.609. The van der Waals surface area contributed by atoms with Crippen LogP contribution in [0.2, 0.25) is 0 Å². The van der Waals surface area contributed by atoms with E-state index in [4.69, 9.17) is 9.47 Å². The van der Waals surface area contributed by atoms with Crippen LogP contribution < -0.4 is 15.5 Å². The van der Waals surface area contributed by atoms with Crippen LogP contribution in [0.15, 0.2) is 52.7 Å². The van der Waals surface area contributed by atoms with Gasteiger partial charge in [0.25, 0.3) is 5.56 Å². The van der Waals surface area contributed by atoms with Crippen molar-refractivity contribution in [3.8, 4) is 17.3 Å². The van der Waals surface area contributed by atoms with Gasteiger partial charge in [-0.3, -0.25) is 4.79 Å². The SMILES string of the molecule is CCN1CCN(S(=O)(=O)c2cnc(OCCOC)c(-c3nc4c(c(=O)[nH]3)N(OC(=O)C(F)(F)F)N(C)C4c3ccc4nccn4c3)c2)CC1. The number of imidazole rings is 1. The molecule has 4 aromatic heterocycles. The number of piperazine rings is 1. The van der Waals surface area contributed by atoms with E-state index in [0.29, 0.717) is 29.5 Å². The molecule has 0 radical (unpaired) electrons. The number of pyridine rings is 2. The fraction of sp³-hybridized carbons (Fsp3) is 0.414. The first kappa shape index (κ1) is 34.2. The van der Waals surface area contributed by atoms with E-state index in [0.717, 1.165) is 17.8 Å². The Morgan fingerprint density at radius 3 is 2.57 bits per heavy atom. The van der Waals surface area contributed by atoms with E-state index < -0.39 is 39.5 Å². The van der Waals surface area contributed by atoms with E-state index in [9.17, 15) is 31.2 Å². The Bertz CT molecular complexity index is 2030. The lowest BCUT2D eigenvalue weighted by atomic mass is 10.1. The van der Waals surface area contributed by atoms with Crippen molar-refractivity contribution in [3.05, 3.63) is 64.6 Å². The van der Waals surface area contributed by atoms with Gasteiger partial charge in [-0.25, -0.2) is 28.2 Å². The van der Waals surface area contributed by atoms with Gasteiger partial charge in [0.2, 0.25) is 15.9 Å². The van der Waals surface area contributed by atoms with Crippen molar-refractivity contribution in [3.63, 3.8) is 0 Å². The third-order valence-corrected chi connectivity index (χ3v) is 10.0. The molecule has 0 amide bonds. The zero-order chi connectivity index (χ0) is 35.1. The van der Waals surface area contributed by atoms with Gasteiger partial charge in [0.05, 0.1) is 18.4 Å². The number of hydrogen-bond acceptors (Lipinski definition) is 13. The molecule has 1 unspecified atom stereocenters. The van der Waals surface area contributed by atoms with Crippen LogP contribution in [0.25, 0.3) is 17.0 Å². The average molecular weight is 708 g/mol. The number of ether oxygens (including phenoxy) is 2. The lowest BCUT2D eigenvalue weighted by molar-refractivity contribution is -0.206. The molecule has 20 heteroatoms. The number of aromatic amines is 1. The minimum atomic E-state index is -5.37. The highest BCUT2D eigenvalue weighted by Gasteiger charge is 2.48. The molecule has 0 saturated carbocycles. The summed E-state index contributed by atoms with van der Waals surface area (Å²) in [7, 11) is -1.27. The standard InChI is InChI=1S/C29H32F3N9O7S/c1-4-38-9-11-40(12-10-38)49(44,45)19-15-20(27(34-16-19)47-14-13-46-3)25-35-22-23(18-5-6-21-33-7-8-39(21)17-18)37(2)41(24(22)26(42)36-25)48-28(43)29(30,31)32/h5-8,15-17,23H,4,9-14H2,1-3H3,(H,35,36,42). The number of carbonyl (C=O) groups is 1. The number of likely N-dealkylation sites (N-methyl/N-ethyl adjacent to an activating group) is 1. The highest BCUT2D eigenvalue weighted by Crippen LogP contribution is 2.42. The van der Waals surface area contributed by atoms with Gasteiger partial charge in [-0.1, -0.05) is 13.0 Å². The van der Waals surface area contributed by atoms with Crippen LogP contribution in [0.4, 0.5) is 18.9 Å². The molecule has 1 saturated heterocycles. The van der Waals surface area contributed by atoms with E-state index in [1.807, 2.05) is 6.92 Å². The zero-order valence-electron chi connectivity index (χ0n) is 26.5. The maximum atomic E-state index is 13.7. The largest absolute Gasteiger partial charge is 0.493 e. The van der Waals surface area contributed by atoms with Crippen molar-refractivity contribution in [1.82, 2.24) is 38.6 Å². The van der Waals surface area contributed by atoms with Gasteiger partial charge in [-0.2, -0.15) is 22.5 Å².